The van der Waals surface area contributed by atoms with Crippen LogP contribution in [0.15, 0.2) is 0 Å². The average molecular weight is 246 g/mol. The Balaban J connectivity index is 3.81. The fourth-order valence-electron chi connectivity index (χ4n) is 1.32. The summed E-state index contributed by atoms with van der Waals surface area (Å²) in [4.78, 5) is 11.8. The lowest BCUT2D eigenvalue weighted by molar-refractivity contribution is -0.120. The Labute approximate surface area is 104 Å². The topological polar surface area (TPSA) is 55.1 Å². The molecule has 3 unspecified atom stereocenters. The van der Waals surface area contributed by atoms with Crippen molar-refractivity contribution in [1.82, 2.24) is 5.32 Å². The van der Waals surface area contributed by atoms with Crippen molar-refractivity contribution in [3.8, 4) is 0 Å². The van der Waals surface area contributed by atoms with Crippen LogP contribution in [0.1, 0.15) is 40.5 Å². The highest BCUT2D eigenvalue weighted by atomic mass is 32.2. The maximum atomic E-state index is 11.8. The van der Waals surface area contributed by atoms with Gasteiger partial charge in [-0.3, -0.25) is 4.79 Å². The van der Waals surface area contributed by atoms with Crippen molar-refractivity contribution in [3.63, 3.8) is 0 Å². The molecule has 4 heteroatoms. The summed E-state index contributed by atoms with van der Waals surface area (Å²) in [6.07, 6.45) is 2.15. The summed E-state index contributed by atoms with van der Waals surface area (Å²) in [6.45, 7) is 8.94. The third-order valence-electron chi connectivity index (χ3n) is 2.51. The Hall–Kier alpha value is -0.220. The maximum Gasteiger partial charge on any atom is 0.233 e. The van der Waals surface area contributed by atoms with Crippen LogP contribution in [0.2, 0.25) is 0 Å². The molecule has 0 saturated carbocycles. The van der Waals surface area contributed by atoms with Gasteiger partial charge in [0.2, 0.25) is 5.91 Å². The van der Waals surface area contributed by atoms with Gasteiger partial charge in [-0.2, -0.15) is 0 Å². The summed E-state index contributed by atoms with van der Waals surface area (Å²) >= 11 is 1.69. The van der Waals surface area contributed by atoms with Crippen molar-refractivity contribution in [2.24, 2.45) is 11.7 Å². The highest BCUT2D eigenvalue weighted by Crippen LogP contribution is 2.14. The van der Waals surface area contributed by atoms with Crippen LogP contribution in [0.25, 0.3) is 0 Å². The third-order valence-corrected chi connectivity index (χ3v) is 3.99. The average Bonchev–Trinajstić information content (AvgIpc) is 2.25. The zero-order valence-corrected chi connectivity index (χ0v) is 11.8. The number of nitrogens with two attached hydrogens (primary N) is 1. The molecule has 0 bridgehead atoms. The van der Waals surface area contributed by atoms with E-state index in [4.69, 9.17) is 5.73 Å². The van der Waals surface area contributed by atoms with E-state index in [2.05, 4.69) is 26.1 Å². The number of carbonyl (C=O) groups excluding carboxylic acids is 1. The molecule has 0 rings (SSSR count). The summed E-state index contributed by atoms with van der Waals surface area (Å²) in [5.74, 6) is 1.58. The van der Waals surface area contributed by atoms with Gasteiger partial charge in [0.1, 0.15) is 0 Å². The van der Waals surface area contributed by atoms with Gasteiger partial charge in [-0.05, 0) is 38.5 Å². The normalized spacial score (nSPS) is 16.6. The third kappa shape index (κ3) is 7.12. The molecule has 0 aliphatic heterocycles. The second kappa shape index (κ2) is 8.88. The molecule has 0 radical (unpaired) electrons. The summed E-state index contributed by atoms with van der Waals surface area (Å²) in [6, 6.07) is 0.285. The highest BCUT2D eigenvalue weighted by Gasteiger charge is 2.15. The molecule has 3 N–H and O–H groups in total. The van der Waals surface area contributed by atoms with Gasteiger partial charge in [0.25, 0.3) is 0 Å². The molecule has 3 nitrogen and oxygen atoms in total. The molecule has 16 heavy (non-hydrogen) atoms. The van der Waals surface area contributed by atoms with Crippen LogP contribution >= 0.6 is 11.8 Å². The van der Waals surface area contributed by atoms with Crippen LogP contribution in [0.5, 0.6) is 0 Å². The van der Waals surface area contributed by atoms with Crippen molar-refractivity contribution >= 4 is 17.7 Å². The van der Waals surface area contributed by atoms with E-state index in [0.717, 1.165) is 18.6 Å². The zero-order chi connectivity index (χ0) is 12.6. The van der Waals surface area contributed by atoms with Crippen LogP contribution in [0.4, 0.5) is 0 Å². The molecule has 0 aromatic carbocycles. The molecule has 0 aliphatic carbocycles. The Morgan fingerprint density at radius 3 is 2.50 bits per heavy atom. The zero-order valence-electron chi connectivity index (χ0n) is 11.0. The van der Waals surface area contributed by atoms with E-state index in [1.165, 1.54) is 0 Å². The number of nitrogens with one attached hydrogen (secondary N) is 1. The highest BCUT2D eigenvalue weighted by molar-refractivity contribution is 8.00. The molecular weight excluding hydrogens is 220 g/mol. The van der Waals surface area contributed by atoms with Crippen molar-refractivity contribution < 1.29 is 4.79 Å². The molecule has 3 atom stereocenters. The number of hydrogen-bond donors (Lipinski definition) is 2. The Morgan fingerprint density at radius 1 is 1.38 bits per heavy atom. The monoisotopic (exact) mass is 246 g/mol. The first kappa shape index (κ1) is 15.8. The van der Waals surface area contributed by atoms with Crippen molar-refractivity contribution in [2.75, 3.05) is 12.3 Å². The van der Waals surface area contributed by atoms with Crippen LogP contribution < -0.4 is 11.1 Å². The first-order chi connectivity index (χ1) is 7.51. The van der Waals surface area contributed by atoms with Crippen LogP contribution in [-0.2, 0) is 4.79 Å². The quantitative estimate of drug-likeness (QED) is 0.689. The van der Waals surface area contributed by atoms with Crippen molar-refractivity contribution in [3.05, 3.63) is 0 Å². The summed E-state index contributed by atoms with van der Waals surface area (Å²) in [5.41, 5.74) is 5.54. The predicted octanol–water partition coefficient (Wildman–Crippen LogP) is 2.01. The number of hydrogen-bond acceptors (Lipinski definition) is 3. The number of thioether (sulfide) groups is 1. The van der Waals surface area contributed by atoms with Gasteiger partial charge in [0.15, 0.2) is 0 Å². The molecule has 1 amide bonds. The summed E-state index contributed by atoms with van der Waals surface area (Å²) in [5, 5.41) is 3.05. The molecule has 0 aliphatic rings. The minimum atomic E-state index is 0.0216. The first-order valence-electron chi connectivity index (χ1n) is 6.13. The minimum absolute atomic E-state index is 0.0216. The molecule has 0 spiro atoms. The lowest BCUT2D eigenvalue weighted by atomic mass is 10.2. The van der Waals surface area contributed by atoms with Gasteiger partial charge in [0, 0.05) is 6.04 Å². The summed E-state index contributed by atoms with van der Waals surface area (Å²) in [7, 11) is 0. The van der Waals surface area contributed by atoms with Crippen LogP contribution in [-0.4, -0.2) is 29.5 Å². The van der Waals surface area contributed by atoms with E-state index in [0.29, 0.717) is 12.5 Å². The molecule has 0 fully saturated rings. The number of amides is 1. The van der Waals surface area contributed by atoms with Gasteiger partial charge < -0.3 is 11.1 Å². The predicted molar refractivity (Wildman–Crippen MR) is 72.7 cm³/mol. The van der Waals surface area contributed by atoms with E-state index in [1.54, 1.807) is 11.8 Å². The fourth-order valence-corrected chi connectivity index (χ4v) is 2.29. The van der Waals surface area contributed by atoms with Crippen molar-refractivity contribution in [1.29, 1.82) is 0 Å². The Bertz CT molecular complexity index is 199. The second-order valence-electron chi connectivity index (χ2n) is 4.51. The molecule has 0 aromatic rings. The van der Waals surface area contributed by atoms with E-state index in [-0.39, 0.29) is 17.2 Å². The molecule has 0 saturated heterocycles. The fraction of sp³-hybridized carbons (Fsp3) is 0.917. The molecule has 0 heterocycles. The summed E-state index contributed by atoms with van der Waals surface area (Å²) < 4.78 is 0. The van der Waals surface area contributed by atoms with Crippen molar-refractivity contribution in [2.45, 2.75) is 51.8 Å². The van der Waals surface area contributed by atoms with E-state index in [9.17, 15) is 4.79 Å². The van der Waals surface area contributed by atoms with Crippen LogP contribution in [0.3, 0.4) is 0 Å². The molecular formula is C12H26N2OS. The van der Waals surface area contributed by atoms with Gasteiger partial charge >= 0.3 is 0 Å². The van der Waals surface area contributed by atoms with Gasteiger partial charge in [-0.15, -0.1) is 11.8 Å². The number of carbonyl (C=O) groups is 1. The first-order valence-corrected chi connectivity index (χ1v) is 7.18. The molecule has 96 valence electrons. The van der Waals surface area contributed by atoms with E-state index < -0.39 is 0 Å². The largest absolute Gasteiger partial charge is 0.353 e. The smallest absolute Gasteiger partial charge is 0.233 e. The van der Waals surface area contributed by atoms with Gasteiger partial charge in [0.05, 0.1) is 5.25 Å². The standard InChI is InChI=1S/C12H26N2OS/c1-5-6-10(3)14-12(15)11(4)16-8-9(2)7-13/h9-11H,5-8,13H2,1-4H3,(H,14,15). The Morgan fingerprint density at radius 2 is 2.00 bits per heavy atom. The lowest BCUT2D eigenvalue weighted by Crippen LogP contribution is -2.37. The minimum Gasteiger partial charge on any atom is -0.353 e. The second-order valence-corrected chi connectivity index (χ2v) is 5.89. The van der Waals surface area contributed by atoms with Gasteiger partial charge in [-0.1, -0.05) is 20.3 Å². The van der Waals surface area contributed by atoms with Gasteiger partial charge in [-0.25, -0.2) is 0 Å². The molecule has 0 aromatic heterocycles. The van der Waals surface area contributed by atoms with E-state index in [1.807, 2.05) is 6.92 Å². The SMILES string of the molecule is CCCC(C)NC(=O)C(C)SCC(C)CN. The lowest BCUT2D eigenvalue weighted by Gasteiger charge is -2.17. The maximum absolute atomic E-state index is 11.8. The number of rotatable bonds is 8. The Kier molecular flexibility index (Phi) is 8.76. The van der Waals surface area contributed by atoms with E-state index >= 15 is 0 Å². The van der Waals surface area contributed by atoms with Crippen LogP contribution in [0, 0.1) is 5.92 Å².